The Kier molecular flexibility index (Phi) is 13.4. The summed E-state index contributed by atoms with van der Waals surface area (Å²) in [4.78, 5) is 0. The topological polar surface area (TPSA) is 163 Å². The molecule has 0 aliphatic carbocycles. The van der Waals surface area contributed by atoms with E-state index in [-0.39, 0.29) is 73.8 Å². The van der Waals surface area contributed by atoms with Gasteiger partial charge in [-0.2, -0.15) is 0 Å². The molecule has 0 amide bonds. The Balaban J connectivity index is 0.00000242. The summed E-state index contributed by atoms with van der Waals surface area (Å²) in [6.45, 7) is 0. The molecule has 0 atom stereocenters. The second-order valence-corrected chi connectivity index (χ2v) is 3.15. The molecule has 0 radical (unpaired) electrons. The van der Waals surface area contributed by atoms with Crippen LogP contribution in [0.15, 0.2) is 0 Å². The first-order valence-electron chi connectivity index (χ1n) is 5.19. The summed E-state index contributed by atoms with van der Waals surface area (Å²) in [5, 5.41) is 22.6. The van der Waals surface area contributed by atoms with Crippen LogP contribution in [-0.2, 0) is 50.6 Å². The molecule has 104 valence electrons. The molecule has 0 N–H and O–H groups in total. The summed E-state index contributed by atoms with van der Waals surface area (Å²) >= 11 is 0. The van der Waals surface area contributed by atoms with Crippen LogP contribution in [0.3, 0.4) is 0 Å². The van der Waals surface area contributed by atoms with E-state index < -0.39 is 43.9 Å². The van der Waals surface area contributed by atoms with Crippen LogP contribution in [0.1, 0.15) is 0 Å². The summed E-state index contributed by atoms with van der Waals surface area (Å²) < 4.78 is 61.0. The van der Waals surface area contributed by atoms with E-state index in [1.165, 1.54) is 0 Å². The Labute approximate surface area is 177 Å². The quantitative estimate of drug-likeness (QED) is 0.443. The van der Waals surface area contributed by atoms with E-state index in [0.717, 1.165) is 0 Å². The zero-order valence-electron chi connectivity index (χ0n) is 11.9. The van der Waals surface area contributed by atoms with Crippen molar-refractivity contribution in [2.45, 2.75) is 0 Å². The molecule has 2 rings (SSSR count). The maximum absolute atomic E-state index is 11.3. The van der Waals surface area contributed by atoms with Crippen molar-refractivity contribution in [1.82, 2.24) is 0 Å². The van der Waals surface area contributed by atoms with Gasteiger partial charge in [0, 0.05) is 0 Å². The fourth-order valence-electron chi connectivity index (χ4n) is 1.17. The maximum atomic E-state index is 11.3. The van der Waals surface area contributed by atoms with Crippen molar-refractivity contribution in [2.75, 3.05) is 0 Å². The van der Waals surface area contributed by atoms with Crippen molar-refractivity contribution < 1.29 is 120 Å². The first-order valence-corrected chi connectivity index (χ1v) is 5.19. The van der Waals surface area contributed by atoms with Crippen LogP contribution in [0.4, 0.5) is 0 Å². The van der Waals surface area contributed by atoms with Gasteiger partial charge in [-0.1, -0.05) is 0 Å². The molecular formula is B8Na2O13. The average molecular weight is 340 g/mol. The maximum Gasteiger partial charge on any atom is 1.00 e. The van der Waals surface area contributed by atoms with Crippen molar-refractivity contribution in [3.63, 3.8) is 0 Å². The van der Waals surface area contributed by atoms with Gasteiger partial charge < -0.3 is 0 Å². The Morgan fingerprint density at radius 2 is 1.04 bits per heavy atom. The number of hydrogen-bond donors (Lipinski definition) is 0. The van der Waals surface area contributed by atoms with Gasteiger partial charge in [-0.05, 0) is 0 Å². The van der Waals surface area contributed by atoms with E-state index >= 15 is 0 Å². The monoisotopic (exact) mass is 342 g/mol. The number of fused-ring (bicyclic) bond motifs is 2. The van der Waals surface area contributed by atoms with Crippen molar-refractivity contribution in [2.24, 2.45) is 0 Å². The second-order valence-electron chi connectivity index (χ2n) is 3.15. The van der Waals surface area contributed by atoms with Crippen molar-refractivity contribution in [3.8, 4) is 0 Å². The summed E-state index contributed by atoms with van der Waals surface area (Å²) in [5.41, 5.74) is 0. The molecule has 0 aromatic rings. The molecule has 0 aromatic heterocycles. The predicted molar refractivity (Wildman–Crippen MR) is 57.2 cm³/mol. The van der Waals surface area contributed by atoms with Crippen LogP contribution in [0.25, 0.3) is 0 Å². The van der Waals surface area contributed by atoms with E-state index in [4.69, 9.17) is 13.7 Å². The van der Waals surface area contributed by atoms with Gasteiger partial charge in [0.2, 0.25) is 0 Å². The van der Waals surface area contributed by atoms with Gasteiger partial charge in [0.05, 0.1) is 0 Å². The van der Waals surface area contributed by atoms with Crippen LogP contribution in [0.2, 0.25) is 0 Å². The predicted octanol–water partition coefficient (Wildman–Crippen LogP) is -12.3. The van der Waals surface area contributed by atoms with Gasteiger partial charge in [0.25, 0.3) is 0 Å². The van der Waals surface area contributed by atoms with E-state index in [9.17, 15) is 19.5 Å². The first kappa shape index (κ1) is 24.4. The Hall–Kier alpha value is 1.36. The largest absolute Gasteiger partial charge is 1.00 e. The molecule has 13 nitrogen and oxygen atoms in total. The average Bonchev–Trinajstić information content (AvgIpc) is 2.35. The zero-order valence-corrected chi connectivity index (χ0v) is 15.9. The summed E-state index contributed by atoms with van der Waals surface area (Å²) in [6.07, 6.45) is 0. The van der Waals surface area contributed by atoms with Crippen molar-refractivity contribution in [3.05, 3.63) is 0 Å². The van der Waals surface area contributed by atoms with Gasteiger partial charge >= 0.3 is 178 Å². The second kappa shape index (κ2) is 12.7. The molecule has 0 spiro atoms. The minimum atomic E-state index is -2.26. The minimum absolute atomic E-state index is 0. The first-order chi connectivity index (χ1) is 10.1. The molecule has 2 heterocycles. The van der Waals surface area contributed by atoms with Gasteiger partial charge in [0.1, 0.15) is 0 Å². The summed E-state index contributed by atoms with van der Waals surface area (Å²) in [6, 6.07) is 0. The molecule has 23 heteroatoms. The number of rotatable bonds is 4. The van der Waals surface area contributed by atoms with Crippen molar-refractivity contribution in [1.29, 1.82) is 0 Å². The molecule has 2 fully saturated rings. The fraction of sp³-hybridized carbons (Fsp3) is 0. The smallest absolute Gasteiger partial charge is 1.00 e. The molecule has 0 unspecified atom stereocenters. The van der Waals surface area contributed by atoms with Crippen LogP contribution < -0.4 is 69.2 Å². The van der Waals surface area contributed by atoms with Crippen LogP contribution in [0, 0.1) is 0 Å². The molecule has 2 aliphatic rings. The molecule has 2 saturated heterocycles. The Bertz CT molecular complexity index is 327. The molecule has 2 aliphatic heterocycles. The Morgan fingerprint density at radius 1 is 0.652 bits per heavy atom. The van der Waals surface area contributed by atoms with Crippen LogP contribution in [0.5, 0.6) is 0 Å². The minimum Gasteiger partial charge on any atom is 1.00 e. The zero-order chi connectivity index (χ0) is 15.2. The number of hydrogen-bond acceptors (Lipinski definition) is 13. The normalized spacial score (nSPS) is 18.2. The van der Waals surface area contributed by atoms with Crippen molar-refractivity contribution >= 4 is 58.6 Å². The van der Waals surface area contributed by atoms with E-state index in [2.05, 4.69) is 27.4 Å². The standard InChI is InChI=1S/B8O13.2Na/c9-1-13-5-15-3(11)17-8-20-6(14-2-10)16-4(12)18-7(19-5)21-8;;/q-2;2*+1. The Morgan fingerprint density at radius 3 is 1.39 bits per heavy atom. The van der Waals surface area contributed by atoms with E-state index in [0.29, 0.717) is 0 Å². The van der Waals surface area contributed by atoms with Gasteiger partial charge in [-0.3, -0.25) is 0 Å². The van der Waals surface area contributed by atoms with E-state index in [1.807, 2.05) is 0 Å². The fourth-order valence-corrected chi connectivity index (χ4v) is 1.17. The third-order valence-corrected chi connectivity index (χ3v) is 1.89. The third-order valence-electron chi connectivity index (χ3n) is 1.89. The molecular weight excluding hydrogens is 340 g/mol. The molecule has 0 saturated carbocycles. The summed E-state index contributed by atoms with van der Waals surface area (Å²) in [7, 11) is -12.1. The van der Waals surface area contributed by atoms with Crippen LogP contribution in [-0.4, -0.2) is 58.6 Å². The SMILES string of the molecule is O=BOB1OB([O-])OB2OB(OB=O)OB([O-])OB(O1)O2.[Na+].[Na+]. The van der Waals surface area contributed by atoms with Gasteiger partial charge in [0.15, 0.2) is 0 Å². The van der Waals surface area contributed by atoms with Gasteiger partial charge in [-0.25, -0.2) is 0 Å². The van der Waals surface area contributed by atoms with Gasteiger partial charge in [-0.15, -0.1) is 0 Å². The summed E-state index contributed by atoms with van der Waals surface area (Å²) in [5.74, 6) is 0. The third kappa shape index (κ3) is 8.52. The molecule has 2 bridgehead atoms. The van der Waals surface area contributed by atoms with Crippen LogP contribution >= 0.6 is 0 Å². The molecule has 23 heavy (non-hydrogen) atoms. The van der Waals surface area contributed by atoms with E-state index in [1.54, 1.807) is 0 Å². The molecule has 0 aromatic carbocycles.